The van der Waals surface area contributed by atoms with E-state index in [4.69, 9.17) is 9.47 Å². The summed E-state index contributed by atoms with van der Waals surface area (Å²) in [6.45, 7) is 6.34. The highest BCUT2D eigenvalue weighted by Gasteiger charge is 2.19. The first-order chi connectivity index (χ1) is 9.60. The van der Waals surface area contributed by atoms with Crippen LogP contribution in [-0.4, -0.2) is 26.3 Å². The normalized spacial score (nSPS) is 19.1. The van der Waals surface area contributed by atoms with Gasteiger partial charge in [-0.25, -0.2) is 0 Å². The zero-order valence-electron chi connectivity index (χ0n) is 12.5. The fourth-order valence-corrected chi connectivity index (χ4v) is 3.19. The van der Waals surface area contributed by atoms with Crippen LogP contribution in [0.25, 0.3) is 0 Å². The Morgan fingerprint density at radius 1 is 1.40 bits per heavy atom. The summed E-state index contributed by atoms with van der Waals surface area (Å²) in [6, 6.07) is 4.13. The first-order valence-corrected chi connectivity index (χ1v) is 8.13. The number of hydrogen-bond acceptors (Lipinski definition) is 3. The van der Waals surface area contributed by atoms with Gasteiger partial charge in [0, 0.05) is 4.47 Å². The average Bonchev–Trinajstić information content (AvgIpc) is 2.42. The molecule has 2 rings (SSSR count). The number of piperidine rings is 1. The number of halogens is 1. The molecule has 112 valence electrons. The smallest absolute Gasteiger partial charge is 0.164 e. The minimum Gasteiger partial charge on any atom is -0.493 e. The van der Waals surface area contributed by atoms with Gasteiger partial charge in [0.1, 0.15) is 0 Å². The largest absolute Gasteiger partial charge is 0.493 e. The van der Waals surface area contributed by atoms with E-state index in [0.717, 1.165) is 35.5 Å². The maximum Gasteiger partial charge on any atom is 0.164 e. The molecule has 1 N–H and O–H groups in total. The maximum atomic E-state index is 6.00. The molecule has 1 aromatic carbocycles. The van der Waals surface area contributed by atoms with E-state index in [2.05, 4.69) is 27.3 Å². The van der Waals surface area contributed by atoms with Crippen LogP contribution in [0, 0.1) is 5.92 Å². The third-order valence-corrected chi connectivity index (χ3v) is 4.04. The molecule has 1 atom stereocenters. The van der Waals surface area contributed by atoms with Crippen LogP contribution >= 0.6 is 15.9 Å². The first kappa shape index (κ1) is 15.6. The lowest BCUT2D eigenvalue weighted by Crippen LogP contribution is -2.31. The molecular formula is C16H24BrNO2. The van der Waals surface area contributed by atoms with E-state index < -0.39 is 0 Å². The minimum atomic E-state index is 0.147. The quantitative estimate of drug-likeness (QED) is 0.883. The van der Waals surface area contributed by atoms with E-state index in [0.29, 0.717) is 5.92 Å². The fraction of sp³-hybridized carbons (Fsp3) is 0.625. The molecule has 0 aliphatic carbocycles. The fourth-order valence-electron chi connectivity index (χ4n) is 2.70. The van der Waals surface area contributed by atoms with Crippen molar-refractivity contribution < 1.29 is 9.47 Å². The van der Waals surface area contributed by atoms with Gasteiger partial charge in [-0.05, 0) is 69.8 Å². The lowest BCUT2D eigenvalue weighted by molar-refractivity contribution is 0.226. The van der Waals surface area contributed by atoms with Crippen molar-refractivity contribution in [3.05, 3.63) is 22.2 Å². The van der Waals surface area contributed by atoms with E-state index >= 15 is 0 Å². The van der Waals surface area contributed by atoms with Crippen LogP contribution in [0.1, 0.15) is 32.3 Å². The number of methoxy groups -OCH3 is 1. The van der Waals surface area contributed by atoms with Gasteiger partial charge in [-0.15, -0.1) is 0 Å². The summed E-state index contributed by atoms with van der Waals surface area (Å²) in [5.41, 5.74) is 1.23. The molecule has 0 amide bonds. The molecule has 0 radical (unpaired) electrons. The van der Waals surface area contributed by atoms with Crippen LogP contribution in [0.5, 0.6) is 11.5 Å². The summed E-state index contributed by atoms with van der Waals surface area (Å²) in [5, 5.41) is 3.47. The van der Waals surface area contributed by atoms with Gasteiger partial charge in [-0.3, -0.25) is 0 Å². The van der Waals surface area contributed by atoms with Crippen molar-refractivity contribution in [3.8, 4) is 11.5 Å². The van der Waals surface area contributed by atoms with Crippen LogP contribution in [0.15, 0.2) is 16.6 Å². The molecule has 1 heterocycles. The van der Waals surface area contributed by atoms with E-state index in [1.54, 1.807) is 7.11 Å². The zero-order valence-corrected chi connectivity index (χ0v) is 14.1. The van der Waals surface area contributed by atoms with Crippen LogP contribution in [-0.2, 0) is 6.42 Å². The molecule has 1 aliphatic heterocycles. The third kappa shape index (κ3) is 4.13. The minimum absolute atomic E-state index is 0.147. The van der Waals surface area contributed by atoms with E-state index in [1.807, 2.05) is 19.9 Å². The number of hydrogen-bond donors (Lipinski definition) is 1. The van der Waals surface area contributed by atoms with Crippen LogP contribution in [0.3, 0.4) is 0 Å². The van der Waals surface area contributed by atoms with Crippen molar-refractivity contribution >= 4 is 15.9 Å². The highest BCUT2D eigenvalue weighted by atomic mass is 79.9. The molecule has 0 saturated carbocycles. The van der Waals surface area contributed by atoms with Crippen molar-refractivity contribution in [3.63, 3.8) is 0 Å². The highest BCUT2D eigenvalue weighted by Crippen LogP contribution is 2.37. The average molecular weight is 342 g/mol. The van der Waals surface area contributed by atoms with Crippen molar-refractivity contribution in [2.45, 2.75) is 39.2 Å². The molecule has 0 bridgehead atoms. The van der Waals surface area contributed by atoms with Crippen molar-refractivity contribution in [2.75, 3.05) is 20.2 Å². The second-order valence-corrected chi connectivity index (χ2v) is 6.60. The number of rotatable bonds is 5. The van der Waals surface area contributed by atoms with E-state index in [-0.39, 0.29) is 6.10 Å². The Morgan fingerprint density at radius 2 is 2.20 bits per heavy atom. The monoisotopic (exact) mass is 341 g/mol. The molecule has 0 aromatic heterocycles. The maximum absolute atomic E-state index is 6.00. The van der Waals surface area contributed by atoms with Crippen molar-refractivity contribution in [2.24, 2.45) is 5.92 Å². The Labute approximate surface area is 130 Å². The van der Waals surface area contributed by atoms with E-state index in [1.165, 1.54) is 18.4 Å². The molecule has 1 aliphatic rings. The van der Waals surface area contributed by atoms with E-state index in [9.17, 15) is 0 Å². The summed E-state index contributed by atoms with van der Waals surface area (Å²) < 4.78 is 12.5. The highest BCUT2D eigenvalue weighted by molar-refractivity contribution is 9.10. The summed E-state index contributed by atoms with van der Waals surface area (Å²) >= 11 is 3.57. The Morgan fingerprint density at radius 3 is 2.80 bits per heavy atom. The van der Waals surface area contributed by atoms with Crippen LogP contribution in [0.4, 0.5) is 0 Å². The van der Waals surface area contributed by atoms with Gasteiger partial charge in [0.05, 0.1) is 13.2 Å². The van der Waals surface area contributed by atoms with Gasteiger partial charge in [0.2, 0.25) is 0 Å². The van der Waals surface area contributed by atoms with Gasteiger partial charge in [-0.1, -0.05) is 15.9 Å². The molecule has 4 heteroatoms. The lowest BCUT2D eigenvalue weighted by atomic mass is 9.92. The predicted octanol–water partition coefficient (Wildman–Crippen LogP) is 3.79. The van der Waals surface area contributed by atoms with Crippen LogP contribution in [0.2, 0.25) is 0 Å². The lowest BCUT2D eigenvalue weighted by Gasteiger charge is -2.25. The summed E-state index contributed by atoms with van der Waals surface area (Å²) in [5.74, 6) is 2.39. The molecule has 1 aromatic rings. The number of benzene rings is 1. The Bertz CT molecular complexity index is 442. The van der Waals surface area contributed by atoms with Crippen LogP contribution < -0.4 is 14.8 Å². The third-order valence-electron chi connectivity index (χ3n) is 3.58. The summed E-state index contributed by atoms with van der Waals surface area (Å²) in [7, 11) is 1.70. The summed E-state index contributed by atoms with van der Waals surface area (Å²) in [6.07, 6.45) is 3.72. The predicted molar refractivity (Wildman–Crippen MR) is 85.8 cm³/mol. The van der Waals surface area contributed by atoms with Gasteiger partial charge in [0.25, 0.3) is 0 Å². The second-order valence-electron chi connectivity index (χ2n) is 5.68. The molecular weight excluding hydrogens is 318 g/mol. The van der Waals surface area contributed by atoms with Gasteiger partial charge in [0.15, 0.2) is 11.5 Å². The van der Waals surface area contributed by atoms with Crippen molar-refractivity contribution in [1.82, 2.24) is 5.32 Å². The molecule has 0 spiro atoms. The SMILES string of the molecule is COc1cc(Br)cc(CC2CCCNC2)c1OC(C)C. The molecule has 1 saturated heterocycles. The van der Waals surface area contributed by atoms with Crippen molar-refractivity contribution in [1.29, 1.82) is 0 Å². The Balaban J connectivity index is 2.25. The summed E-state index contributed by atoms with van der Waals surface area (Å²) in [4.78, 5) is 0. The van der Waals surface area contributed by atoms with Gasteiger partial charge >= 0.3 is 0 Å². The standard InChI is InChI=1S/C16H24BrNO2/c1-11(2)20-16-13(7-12-5-4-6-18-10-12)8-14(17)9-15(16)19-3/h8-9,11-12,18H,4-7,10H2,1-3H3. The topological polar surface area (TPSA) is 30.5 Å². The molecule has 1 fully saturated rings. The van der Waals surface area contributed by atoms with Gasteiger partial charge in [-0.2, -0.15) is 0 Å². The Kier molecular flexibility index (Phi) is 5.73. The second kappa shape index (κ2) is 7.32. The number of ether oxygens (including phenoxy) is 2. The first-order valence-electron chi connectivity index (χ1n) is 7.34. The number of nitrogens with one attached hydrogen (secondary N) is 1. The van der Waals surface area contributed by atoms with Gasteiger partial charge < -0.3 is 14.8 Å². The Hall–Kier alpha value is -0.740. The molecule has 3 nitrogen and oxygen atoms in total. The zero-order chi connectivity index (χ0) is 14.5. The molecule has 20 heavy (non-hydrogen) atoms. The molecule has 1 unspecified atom stereocenters.